The van der Waals surface area contributed by atoms with Crippen LogP contribution in [-0.2, 0) is 0 Å². The third-order valence-corrected chi connectivity index (χ3v) is 1.01. The minimum absolute atomic E-state index is 0.522. The highest BCUT2D eigenvalue weighted by Crippen LogP contribution is 2.14. The Hall–Kier alpha value is -1.21. The summed E-state index contributed by atoms with van der Waals surface area (Å²) in [6, 6.07) is 1.73. The molecule has 1 aromatic rings. The van der Waals surface area contributed by atoms with Crippen molar-refractivity contribution in [2.24, 2.45) is 0 Å². The van der Waals surface area contributed by atoms with Gasteiger partial charge in [-0.05, 0) is 12.1 Å². The lowest BCUT2D eigenvalue weighted by molar-refractivity contribution is 0.278. The fourth-order valence-corrected chi connectivity index (χ4v) is 0.601. The van der Waals surface area contributed by atoms with Crippen molar-refractivity contribution < 1.29 is 23.5 Å². The largest absolute Gasteiger partial charge is 0.707 e. The van der Waals surface area contributed by atoms with Gasteiger partial charge in [-0.25, -0.2) is 0 Å². The van der Waals surface area contributed by atoms with Crippen molar-refractivity contribution in [2.75, 3.05) is 0 Å². The molecule has 0 aliphatic heterocycles. The van der Waals surface area contributed by atoms with Gasteiger partial charge in [-0.15, -0.1) is 0 Å². The van der Waals surface area contributed by atoms with Crippen molar-refractivity contribution in [3.63, 3.8) is 0 Å². The number of hydrogen-bond acceptors (Lipinski definition) is 4. The van der Waals surface area contributed by atoms with Crippen LogP contribution < -0.4 is 4.65 Å². The first-order valence-corrected chi connectivity index (χ1v) is 2.94. The Kier molecular flexibility index (Phi) is 2.56. The van der Waals surface area contributed by atoms with Gasteiger partial charge >= 0.3 is 7.32 Å². The molecule has 4 nitrogen and oxygen atoms in total. The minimum Gasteiger partial charge on any atom is -0.508 e. The van der Waals surface area contributed by atoms with Gasteiger partial charge in [-0.1, -0.05) is 0 Å². The van der Waals surface area contributed by atoms with Crippen LogP contribution in [-0.4, -0.2) is 22.4 Å². The first kappa shape index (κ1) is 8.89. The third-order valence-electron chi connectivity index (χ3n) is 1.01. The molecule has 0 spiro atoms. The summed E-state index contributed by atoms with van der Waals surface area (Å²) in [4.78, 5) is 2.75. The van der Waals surface area contributed by atoms with Gasteiger partial charge in [0, 0.05) is 0 Å². The molecule has 0 amide bonds. The summed E-state index contributed by atoms with van der Waals surface area (Å²) in [5.74, 6) is -2.76. The first-order valence-electron chi connectivity index (χ1n) is 2.94. The van der Waals surface area contributed by atoms with Gasteiger partial charge in [-0.3, -0.25) is 0 Å². The van der Waals surface area contributed by atoms with Gasteiger partial charge in [0.05, 0.1) is 0 Å². The van der Waals surface area contributed by atoms with Crippen LogP contribution in [0.4, 0.5) is 8.78 Å². The van der Waals surface area contributed by atoms with Crippen molar-refractivity contribution in [3.8, 4) is 5.75 Å². The van der Waals surface area contributed by atoms with E-state index in [-0.39, 0.29) is 0 Å². The van der Waals surface area contributed by atoms with E-state index in [0.29, 0.717) is 0 Å². The predicted molar refractivity (Wildman–Crippen MR) is 35.0 cm³/mol. The standard InChI is InChI=1S/C5H4BF2NO3/c7-4-2-1-3(5(8)9-4)12-6(10)11/h1-2,10-11H. The Morgan fingerprint density at radius 1 is 1.33 bits per heavy atom. The van der Waals surface area contributed by atoms with Crippen molar-refractivity contribution in [2.45, 2.75) is 0 Å². The summed E-state index contributed by atoms with van der Waals surface area (Å²) in [6.07, 6.45) is 0. The van der Waals surface area contributed by atoms with Gasteiger partial charge in [0.15, 0.2) is 5.75 Å². The van der Waals surface area contributed by atoms with E-state index in [1.807, 2.05) is 0 Å². The Labute approximate surface area is 66.6 Å². The second-order valence-electron chi connectivity index (χ2n) is 1.87. The number of hydrogen-bond donors (Lipinski definition) is 2. The summed E-state index contributed by atoms with van der Waals surface area (Å²) in [6.45, 7) is 0. The van der Waals surface area contributed by atoms with Gasteiger partial charge in [0.1, 0.15) is 0 Å². The first-order chi connectivity index (χ1) is 5.59. The molecule has 0 fully saturated rings. The molecular formula is C5H4BF2NO3. The van der Waals surface area contributed by atoms with Gasteiger partial charge in [0.2, 0.25) is 5.95 Å². The van der Waals surface area contributed by atoms with Crippen LogP contribution in [0.15, 0.2) is 12.1 Å². The molecule has 0 atom stereocenters. The Morgan fingerprint density at radius 2 is 2.00 bits per heavy atom. The van der Waals surface area contributed by atoms with Gasteiger partial charge < -0.3 is 14.7 Å². The number of halogens is 2. The van der Waals surface area contributed by atoms with Gasteiger partial charge in [0.25, 0.3) is 5.95 Å². The number of pyridine rings is 1. The van der Waals surface area contributed by atoms with E-state index < -0.39 is 25.0 Å². The second kappa shape index (κ2) is 3.46. The summed E-state index contributed by atoms with van der Waals surface area (Å²) in [5, 5.41) is 16.5. The predicted octanol–water partition coefficient (Wildman–Crippen LogP) is -0.292. The topological polar surface area (TPSA) is 62.6 Å². The highest BCUT2D eigenvalue weighted by Gasteiger charge is 2.15. The van der Waals surface area contributed by atoms with E-state index >= 15 is 0 Å². The molecular weight excluding hydrogens is 171 g/mol. The van der Waals surface area contributed by atoms with E-state index in [1.165, 1.54) is 0 Å². The molecule has 0 radical (unpaired) electrons. The van der Waals surface area contributed by atoms with Crippen molar-refractivity contribution in [1.29, 1.82) is 0 Å². The zero-order valence-electron chi connectivity index (χ0n) is 5.74. The quantitative estimate of drug-likeness (QED) is 0.478. The van der Waals surface area contributed by atoms with Crippen LogP contribution in [0.5, 0.6) is 5.75 Å². The van der Waals surface area contributed by atoms with E-state index in [0.717, 1.165) is 12.1 Å². The fraction of sp³-hybridized carbons (Fsp3) is 0. The molecule has 7 heteroatoms. The lowest BCUT2D eigenvalue weighted by Gasteiger charge is -2.03. The second-order valence-corrected chi connectivity index (χ2v) is 1.87. The molecule has 12 heavy (non-hydrogen) atoms. The van der Waals surface area contributed by atoms with E-state index in [2.05, 4.69) is 9.64 Å². The average Bonchev–Trinajstić information content (AvgIpc) is 1.94. The molecule has 0 aliphatic carbocycles. The number of nitrogens with zero attached hydrogens (tertiary/aromatic N) is 1. The Balaban J connectivity index is 2.86. The normalized spacial score (nSPS) is 9.67. The summed E-state index contributed by atoms with van der Waals surface area (Å²) in [5.41, 5.74) is 0. The Bertz CT molecular complexity index is 283. The van der Waals surface area contributed by atoms with Crippen LogP contribution in [0.2, 0.25) is 0 Å². The van der Waals surface area contributed by atoms with E-state index in [1.54, 1.807) is 0 Å². The van der Waals surface area contributed by atoms with Crippen molar-refractivity contribution >= 4 is 7.32 Å². The monoisotopic (exact) mass is 175 g/mol. The maximum atomic E-state index is 12.5. The number of aromatic nitrogens is 1. The average molecular weight is 175 g/mol. The Morgan fingerprint density at radius 3 is 2.50 bits per heavy atom. The highest BCUT2D eigenvalue weighted by molar-refractivity contribution is 6.33. The zero-order chi connectivity index (χ0) is 9.14. The molecule has 64 valence electrons. The lowest BCUT2D eigenvalue weighted by atomic mass is 10.2. The number of rotatable bonds is 2. The molecule has 0 aliphatic rings. The molecule has 1 rings (SSSR count). The summed E-state index contributed by atoms with van der Waals surface area (Å²) < 4.78 is 28.8. The molecule has 0 bridgehead atoms. The molecule has 0 saturated heterocycles. The SMILES string of the molecule is OB(O)Oc1ccc(F)nc1F. The van der Waals surface area contributed by atoms with Gasteiger partial charge in [-0.2, -0.15) is 13.8 Å². The van der Waals surface area contributed by atoms with Crippen LogP contribution >= 0.6 is 0 Å². The zero-order valence-corrected chi connectivity index (χ0v) is 5.74. The maximum absolute atomic E-state index is 12.5. The van der Waals surface area contributed by atoms with Crippen LogP contribution in [0, 0.1) is 11.9 Å². The molecule has 2 N–H and O–H groups in total. The van der Waals surface area contributed by atoms with E-state index in [4.69, 9.17) is 10.0 Å². The minimum atomic E-state index is -2.15. The van der Waals surface area contributed by atoms with Crippen molar-refractivity contribution in [3.05, 3.63) is 24.0 Å². The third kappa shape index (κ3) is 2.14. The molecule has 1 heterocycles. The molecule has 0 saturated carbocycles. The highest BCUT2D eigenvalue weighted by atomic mass is 19.1. The van der Waals surface area contributed by atoms with Crippen LogP contribution in [0.3, 0.4) is 0 Å². The van der Waals surface area contributed by atoms with Crippen LogP contribution in [0.1, 0.15) is 0 Å². The molecule has 1 aromatic heterocycles. The van der Waals surface area contributed by atoms with Crippen molar-refractivity contribution in [1.82, 2.24) is 4.98 Å². The molecule has 0 unspecified atom stereocenters. The smallest absolute Gasteiger partial charge is 0.508 e. The molecule has 0 aromatic carbocycles. The fourth-order valence-electron chi connectivity index (χ4n) is 0.601. The lowest BCUT2D eigenvalue weighted by Crippen LogP contribution is -2.21. The summed E-state index contributed by atoms with van der Waals surface area (Å²) >= 11 is 0. The summed E-state index contributed by atoms with van der Waals surface area (Å²) in [7, 11) is -2.15. The van der Waals surface area contributed by atoms with E-state index in [9.17, 15) is 8.78 Å². The maximum Gasteiger partial charge on any atom is 0.707 e. The van der Waals surface area contributed by atoms with Crippen LogP contribution in [0.25, 0.3) is 0 Å².